The van der Waals surface area contributed by atoms with Gasteiger partial charge in [0, 0.05) is 12.8 Å². The molecule has 7 heteroatoms. The molecule has 2 amide bonds. The number of rotatable bonds is 14. The number of esters is 1. The van der Waals surface area contributed by atoms with E-state index in [4.69, 9.17) is 4.74 Å². The van der Waals surface area contributed by atoms with Crippen molar-refractivity contribution in [2.75, 3.05) is 6.61 Å². The van der Waals surface area contributed by atoms with Crippen LogP contribution in [0.5, 0.6) is 0 Å². The fourth-order valence-electron chi connectivity index (χ4n) is 2.24. The molecule has 0 fully saturated rings. The van der Waals surface area contributed by atoms with Gasteiger partial charge in [-0.1, -0.05) is 19.1 Å². The Kier molecular flexibility index (Phi) is 12.5. The number of carboxylic acid groups (broad SMARTS) is 1. The molecule has 1 N–H and O–H groups in total. The molecule has 0 aromatic rings. The Morgan fingerprint density at radius 3 is 1.92 bits per heavy atom. The van der Waals surface area contributed by atoms with Gasteiger partial charge in [0.2, 0.25) is 11.8 Å². The first-order valence-corrected chi connectivity index (χ1v) is 8.84. The summed E-state index contributed by atoms with van der Waals surface area (Å²) in [5.74, 6) is -3.37. The number of amides is 2. The van der Waals surface area contributed by atoms with Crippen LogP contribution in [0.4, 0.5) is 0 Å². The summed E-state index contributed by atoms with van der Waals surface area (Å²) in [6, 6.07) is -1.56. The Labute approximate surface area is 154 Å². The third kappa shape index (κ3) is 9.15. The maximum absolute atomic E-state index is 12.5. The first-order chi connectivity index (χ1) is 12.4. The molecule has 1 atom stereocenters. The predicted molar refractivity (Wildman–Crippen MR) is 97.2 cm³/mol. The first-order valence-electron chi connectivity index (χ1n) is 8.84. The third-order valence-electron chi connectivity index (χ3n) is 3.56. The monoisotopic (exact) mass is 367 g/mol. The molecule has 1 unspecified atom stereocenters. The SMILES string of the molecule is C=CCCCC(=O)N(C(=O)CCCC=C)C(CC(=O)OCCC)C(=O)O. The minimum absolute atomic E-state index is 0.00695. The summed E-state index contributed by atoms with van der Waals surface area (Å²) in [6.45, 7) is 9.09. The molecule has 0 aromatic carbocycles. The van der Waals surface area contributed by atoms with Crippen LogP contribution < -0.4 is 0 Å². The van der Waals surface area contributed by atoms with Gasteiger partial charge in [0.15, 0.2) is 0 Å². The first kappa shape index (κ1) is 23.6. The third-order valence-corrected chi connectivity index (χ3v) is 3.56. The fraction of sp³-hybridized carbons (Fsp3) is 0.579. The van der Waals surface area contributed by atoms with E-state index >= 15 is 0 Å². The van der Waals surface area contributed by atoms with Crippen LogP contribution in [0.15, 0.2) is 25.3 Å². The van der Waals surface area contributed by atoms with Gasteiger partial charge in [-0.05, 0) is 32.1 Å². The molecule has 0 radical (unpaired) electrons. The highest BCUT2D eigenvalue weighted by molar-refractivity contribution is 6.00. The van der Waals surface area contributed by atoms with E-state index in [-0.39, 0.29) is 19.4 Å². The Morgan fingerprint density at radius 2 is 1.54 bits per heavy atom. The minimum Gasteiger partial charge on any atom is -0.480 e. The molecule has 0 heterocycles. The van der Waals surface area contributed by atoms with Crippen LogP contribution in [0.3, 0.4) is 0 Å². The van der Waals surface area contributed by atoms with Crippen molar-refractivity contribution in [3.05, 3.63) is 25.3 Å². The summed E-state index contributed by atoms with van der Waals surface area (Å²) in [4.78, 5) is 49.1. The van der Waals surface area contributed by atoms with Crippen LogP contribution in [0.25, 0.3) is 0 Å². The van der Waals surface area contributed by atoms with Gasteiger partial charge < -0.3 is 9.84 Å². The van der Waals surface area contributed by atoms with Crippen LogP contribution >= 0.6 is 0 Å². The van der Waals surface area contributed by atoms with Crippen LogP contribution in [0.1, 0.15) is 58.3 Å². The molecule has 0 rings (SSSR count). The lowest BCUT2D eigenvalue weighted by Gasteiger charge is -2.27. The second kappa shape index (κ2) is 13.8. The smallest absolute Gasteiger partial charge is 0.327 e. The zero-order chi connectivity index (χ0) is 19.9. The lowest BCUT2D eigenvalue weighted by atomic mass is 10.1. The quantitative estimate of drug-likeness (QED) is 0.288. The average Bonchev–Trinajstić information content (AvgIpc) is 2.59. The van der Waals surface area contributed by atoms with Gasteiger partial charge in [-0.3, -0.25) is 19.3 Å². The fourth-order valence-corrected chi connectivity index (χ4v) is 2.24. The van der Waals surface area contributed by atoms with Gasteiger partial charge in [-0.25, -0.2) is 4.79 Å². The van der Waals surface area contributed by atoms with Gasteiger partial charge in [-0.15, -0.1) is 13.2 Å². The standard InChI is InChI=1S/C19H29NO6/c1-4-7-9-11-16(21)20(17(22)12-10-8-5-2)15(19(24)25)14-18(23)26-13-6-3/h4-5,15H,1-2,6-14H2,3H3,(H,24,25). The van der Waals surface area contributed by atoms with Crippen LogP contribution in [0, 0.1) is 0 Å². The van der Waals surface area contributed by atoms with Crippen molar-refractivity contribution in [3.8, 4) is 0 Å². The van der Waals surface area contributed by atoms with Crippen LogP contribution in [-0.2, 0) is 23.9 Å². The highest BCUT2D eigenvalue weighted by atomic mass is 16.5. The second-order valence-electron chi connectivity index (χ2n) is 5.80. The second-order valence-corrected chi connectivity index (χ2v) is 5.80. The maximum atomic E-state index is 12.5. The predicted octanol–water partition coefficient (Wildman–Crippen LogP) is 2.85. The molecule has 0 aromatic heterocycles. The molecular weight excluding hydrogens is 338 g/mol. The van der Waals surface area contributed by atoms with E-state index in [0.717, 1.165) is 0 Å². The zero-order valence-corrected chi connectivity index (χ0v) is 15.4. The van der Waals surface area contributed by atoms with Crippen molar-refractivity contribution in [3.63, 3.8) is 0 Å². The van der Waals surface area contributed by atoms with Crippen LogP contribution in [0.2, 0.25) is 0 Å². The van der Waals surface area contributed by atoms with Gasteiger partial charge in [0.25, 0.3) is 0 Å². The Hall–Kier alpha value is -2.44. The number of hydrogen-bond acceptors (Lipinski definition) is 5. The summed E-state index contributed by atoms with van der Waals surface area (Å²) < 4.78 is 4.90. The number of aliphatic carboxylic acids is 1. The van der Waals surface area contributed by atoms with Crippen molar-refractivity contribution in [1.29, 1.82) is 0 Å². The van der Waals surface area contributed by atoms with Crippen molar-refractivity contribution in [1.82, 2.24) is 4.90 Å². The van der Waals surface area contributed by atoms with Crippen molar-refractivity contribution >= 4 is 23.8 Å². The number of imide groups is 1. The van der Waals surface area contributed by atoms with Gasteiger partial charge in [0.1, 0.15) is 6.04 Å². The Morgan fingerprint density at radius 1 is 1.04 bits per heavy atom. The normalized spacial score (nSPS) is 11.3. The van der Waals surface area contributed by atoms with E-state index in [0.29, 0.717) is 37.0 Å². The van der Waals surface area contributed by atoms with Gasteiger partial charge in [0.05, 0.1) is 13.0 Å². The van der Waals surface area contributed by atoms with E-state index in [1.165, 1.54) is 0 Å². The molecule has 7 nitrogen and oxygen atoms in total. The molecule has 0 spiro atoms. The van der Waals surface area contributed by atoms with Crippen molar-refractivity contribution in [2.45, 2.75) is 64.3 Å². The van der Waals surface area contributed by atoms with E-state index in [9.17, 15) is 24.3 Å². The summed E-state index contributed by atoms with van der Waals surface area (Å²) >= 11 is 0. The number of carbonyl (C=O) groups excluding carboxylic acids is 3. The number of hydrogen-bond donors (Lipinski definition) is 1. The van der Waals surface area contributed by atoms with Gasteiger partial charge in [-0.2, -0.15) is 0 Å². The Bertz CT molecular complexity index is 488. The lowest BCUT2D eigenvalue weighted by molar-refractivity contribution is -0.161. The molecular formula is C19H29NO6. The summed E-state index contributed by atoms with van der Waals surface area (Å²) in [7, 11) is 0. The number of allylic oxidation sites excluding steroid dienone is 2. The molecule has 0 aliphatic rings. The highest BCUT2D eigenvalue weighted by Gasteiger charge is 2.36. The molecule has 0 aliphatic heterocycles. The van der Waals surface area contributed by atoms with Crippen LogP contribution in [-0.4, -0.2) is 46.4 Å². The number of ether oxygens (including phenoxy) is 1. The molecule has 26 heavy (non-hydrogen) atoms. The summed E-state index contributed by atoms with van der Waals surface area (Å²) in [5, 5.41) is 9.47. The largest absolute Gasteiger partial charge is 0.480 e. The van der Waals surface area contributed by atoms with Gasteiger partial charge >= 0.3 is 11.9 Å². The number of unbranched alkanes of at least 4 members (excludes halogenated alkanes) is 2. The molecule has 0 saturated heterocycles. The van der Waals surface area contributed by atoms with E-state index in [1.54, 1.807) is 19.1 Å². The lowest BCUT2D eigenvalue weighted by Crippen LogP contribution is -2.49. The Balaban J connectivity index is 5.30. The van der Waals surface area contributed by atoms with Crippen molar-refractivity contribution in [2.24, 2.45) is 0 Å². The maximum Gasteiger partial charge on any atom is 0.327 e. The average molecular weight is 367 g/mol. The van der Waals surface area contributed by atoms with E-state index < -0.39 is 36.2 Å². The topological polar surface area (TPSA) is 101 Å². The summed E-state index contributed by atoms with van der Waals surface area (Å²) in [6.07, 6.45) is 5.36. The molecule has 0 bridgehead atoms. The number of carboxylic acids is 1. The zero-order valence-electron chi connectivity index (χ0n) is 15.4. The number of nitrogens with zero attached hydrogens (tertiary/aromatic N) is 1. The van der Waals surface area contributed by atoms with E-state index in [1.807, 2.05) is 0 Å². The molecule has 0 saturated carbocycles. The summed E-state index contributed by atoms with van der Waals surface area (Å²) in [5.41, 5.74) is 0. The minimum atomic E-state index is -1.56. The van der Waals surface area contributed by atoms with Crippen molar-refractivity contribution < 1.29 is 29.0 Å². The molecule has 146 valence electrons. The molecule has 0 aliphatic carbocycles. The highest BCUT2D eigenvalue weighted by Crippen LogP contribution is 2.14. The number of carbonyl (C=O) groups is 4. The van der Waals surface area contributed by atoms with E-state index in [2.05, 4.69) is 13.2 Å².